The summed E-state index contributed by atoms with van der Waals surface area (Å²) in [6, 6.07) is 11.0. The van der Waals surface area contributed by atoms with Crippen LogP contribution < -0.4 is 0 Å². The average Bonchev–Trinajstić information content (AvgIpc) is 3.05. The summed E-state index contributed by atoms with van der Waals surface area (Å²) in [7, 11) is -1.97. The summed E-state index contributed by atoms with van der Waals surface area (Å²) in [6.45, 7) is 21.7. The molecule has 0 radical (unpaired) electrons. The second-order valence-corrected chi connectivity index (χ2v) is 17.2. The van der Waals surface area contributed by atoms with Gasteiger partial charge in [0.2, 0.25) is 8.32 Å². The zero-order valence-corrected chi connectivity index (χ0v) is 22.0. The second-order valence-electron chi connectivity index (χ2n) is 11.8. The van der Waals surface area contributed by atoms with Gasteiger partial charge in [-0.15, -0.1) is 0 Å². The Hall–Kier alpha value is -0.643. The normalized spacial score (nSPS) is 31.1. The molecule has 170 valence electrons. The van der Waals surface area contributed by atoms with E-state index in [2.05, 4.69) is 92.6 Å². The van der Waals surface area contributed by atoms with E-state index in [1.54, 1.807) is 0 Å². The van der Waals surface area contributed by atoms with Crippen molar-refractivity contribution in [2.24, 2.45) is 11.3 Å². The van der Waals surface area contributed by atoms with E-state index in [1.807, 2.05) is 0 Å². The minimum Gasteiger partial charge on any atom is -0.412 e. The Balaban J connectivity index is 1.98. The molecule has 2 nitrogen and oxygen atoms in total. The first-order valence-electron chi connectivity index (χ1n) is 12.3. The highest BCUT2D eigenvalue weighted by atomic mass is 28.4. The number of rotatable bonds is 8. The molecule has 0 amide bonds. The molecular formula is C27H46O2Si. The van der Waals surface area contributed by atoms with Gasteiger partial charge in [0.1, 0.15) is 0 Å². The summed E-state index contributed by atoms with van der Waals surface area (Å²) >= 11 is 0. The van der Waals surface area contributed by atoms with Gasteiger partial charge in [0.05, 0.1) is 17.8 Å². The summed E-state index contributed by atoms with van der Waals surface area (Å²) in [5, 5.41) is 0. The molecule has 2 heterocycles. The van der Waals surface area contributed by atoms with Crippen molar-refractivity contribution in [1.82, 2.24) is 0 Å². The number of hydrogen-bond acceptors (Lipinski definition) is 2. The first-order chi connectivity index (χ1) is 13.9. The van der Waals surface area contributed by atoms with E-state index in [-0.39, 0.29) is 17.1 Å². The summed E-state index contributed by atoms with van der Waals surface area (Å²) in [4.78, 5) is 0. The van der Waals surface area contributed by atoms with Crippen molar-refractivity contribution < 1.29 is 9.16 Å². The molecule has 2 fully saturated rings. The molecule has 2 aliphatic rings. The highest BCUT2D eigenvalue weighted by Crippen LogP contribution is 2.57. The van der Waals surface area contributed by atoms with Crippen LogP contribution >= 0.6 is 0 Å². The predicted octanol–water partition coefficient (Wildman–Crippen LogP) is 7.77. The number of benzene rings is 1. The van der Waals surface area contributed by atoms with Crippen molar-refractivity contribution in [2.45, 2.75) is 122 Å². The Kier molecular flexibility index (Phi) is 6.97. The van der Waals surface area contributed by atoms with E-state index in [9.17, 15) is 0 Å². The predicted molar refractivity (Wildman–Crippen MR) is 130 cm³/mol. The molecule has 1 aromatic rings. The lowest BCUT2D eigenvalue weighted by Gasteiger charge is -2.57. The molecule has 3 heteroatoms. The highest BCUT2D eigenvalue weighted by Gasteiger charge is 2.62. The molecule has 0 saturated carbocycles. The largest absolute Gasteiger partial charge is 0.412 e. The first-order valence-corrected chi connectivity index (χ1v) is 14.5. The van der Waals surface area contributed by atoms with Gasteiger partial charge in [-0.2, -0.15) is 0 Å². The standard InChI is InChI=1S/C27H46O2Si/c1-19(2)30(20(3)4,21(5)6)29-25-23(16-15-22-13-11-10-12-14-22)27(9)18-17-24(28-27)26(25,7)8/h10-14,19-21,23-25H,15-18H2,1-9H3/t23-,24-,25-,27+/m1/s1. The molecule has 3 rings (SSSR count). The van der Waals surface area contributed by atoms with Crippen LogP contribution in [0.3, 0.4) is 0 Å². The van der Waals surface area contributed by atoms with Crippen molar-refractivity contribution in [1.29, 1.82) is 0 Å². The monoisotopic (exact) mass is 430 g/mol. The molecule has 0 unspecified atom stereocenters. The Labute approximate surface area is 187 Å². The topological polar surface area (TPSA) is 18.5 Å². The van der Waals surface area contributed by atoms with Gasteiger partial charge in [-0.25, -0.2) is 0 Å². The van der Waals surface area contributed by atoms with Gasteiger partial charge in [0.15, 0.2) is 0 Å². The van der Waals surface area contributed by atoms with E-state index in [4.69, 9.17) is 9.16 Å². The summed E-state index contributed by atoms with van der Waals surface area (Å²) in [5.74, 6) is 0.439. The van der Waals surface area contributed by atoms with Crippen molar-refractivity contribution in [2.75, 3.05) is 0 Å². The van der Waals surface area contributed by atoms with Crippen LogP contribution in [-0.4, -0.2) is 26.1 Å². The van der Waals surface area contributed by atoms with Gasteiger partial charge < -0.3 is 9.16 Å². The maximum Gasteiger partial charge on any atom is 0.200 e. The number of fused-ring (bicyclic) bond motifs is 2. The first kappa shape index (κ1) is 24.0. The van der Waals surface area contributed by atoms with Gasteiger partial charge in [0.25, 0.3) is 0 Å². The van der Waals surface area contributed by atoms with Crippen LogP contribution in [0.4, 0.5) is 0 Å². The Bertz CT molecular complexity index is 674. The molecule has 1 aromatic carbocycles. The van der Waals surface area contributed by atoms with Gasteiger partial charge in [-0.3, -0.25) is 0 Å². The Morgan fingerprint density at radius 3 is 2.07 bits per heavy atom. The van der Waals surface area contributed by atoms with Crippen LogP contribution in [0.1, 0.15) is 87.1 Å². The van der Waals surface area contributed by atoms with E-state index >= 15 is 0 Å². The van der Waals surface area contributed by atoms with Gasteiger partial charge in [-0.05, 0) is 54.8 Å². The number of hydrogen-bond donors (Lipinski definition) is 0. The lowest BCUT2D eigenvalue weighted by Crippen LogP contribution is -2.62. The molecule has 2 saturated heterocycles. The molecule has 4 atom stereocenters. The van der Waals surface area contributed by atoms with Crippen LogP contribution in [0.5, 0.6) is 0 Å². The third-order valence-corrected chi connectivity index (χ3v) is 14.7. The summed E-state index contributed by atoms with van der Waals surface area (Å²) in [5.41, 5.74) is 3.25. The van der Waals surface area contributed by atoms with Crippen LogP contribution in [0.25, 0.3) is 0 Å². The number of aryl methyl sites for hydroxylation is 1. The van der Waals surface area contributed by atoms with Crippen LogP contribution in [0.15, 0.2) is 30.3 Å². The third-order valence-electron chi connectivity index (χ3n) is 8.65. The van der Waals surface area contributed by atoms with E-state index in [0.29, 0.717) is 28.6 Å². The molecular weight excluding hydrogens is 384 g/mol. The fourth-order valence-electron chi connectivity index (χ4n) is 6.96. The van der Waals surface area contributed by atoms with Crippen molar-refractivity contribution in [3.63, 3.8) is 0 Å². The van der Waals surface area contributed by atoms with Gasteiger partial charge >= 0.3 is 0 Å². The minimum atomic E-state index is -1.97. The fourth-order valence-corrected chi connectivity index (χ4v) is 12.7. The highest BCUT2D eigenvalue weighted by molar-refractivity contribution is 6.77. The average molecular weight is 431 g/mol. The molecule has 2 bridgehead atoms. The third kappa shape index (κ3) is 4.07. The minimum absolute atomic E-state index is 0.0499. The summed E-state index contributed by atoms with van der Waals surface area (Å²) < 4.78 is 14.3. The van der Waals surface area contributed by atoms with Crippen LogP contribution in [0, 0.1) is 11.3 Å². The maximum absolute atomic E-state index is 7.58. The van der Waals surface area contributed by atoms with E-state index < -0.39 is 8.32 Å². The Morgan fingerprint density at radius 1 is 0.967 bits per heavy atom. The quantitative estimate of drug-likeness (QED) is 0.392. The summed E-state index contributed by atoms with van der Waals surface area (Å²) in [6.07, 6.45) is 5.17. The van der Waals surface area contributed by atoms with E-state index in [0.717, 1.165) is 12.8 Å². The molecule has 0 spiro atoms. The molecule has 0 N–H and O–H groups in total. The van der Waals surface area contributed by atoms with Crippen molar-refractivity contribution in [3.8, 4) is 0 Å². The van der Waals surface area contributed by atoms with Gasteiger partial charge in [-0.1, -0.05) is 85.7 Å². The van der Waals surface area contributed by atoms with Crippen molar-refractivity contribution >= 4 is 8.32 Å². The van der Waals surface area contributed by atoms with E-state index in [1.165, 1.54) is 18.4 Å². The Morgan fingerprint density at radius 2 is 1.53 bits per heavy atom. The maximum atomic E-state index is 7.58. The molecule has 0 aromatic heterocycles. The zero-order valence-electron chi connectivity index (χ0n) is 21.0. The number of ether oxygens (including phenoxy) is 1. The lowest BCUT2D eigenvalue weighted by atomic mass is 9.69. The van der Waals surface area contributed by atoms with Crippen molar-refractivity contribution in [3.05, 3.63) is 35.9 Å². The van der Waals surface area contributed by atoms with Gasteiger partial charge in [0, 0.05) is 11.3 Å². The second kappa shape index (κ2) is 8.71. The SMILES string of the molecule is CC(C)[Si](O[C@@H]1[C@@H](CCc2ccccc2)[C@]2(C)CC[C@@H](O2)C1(C)C)(C(C)C)C(C)C. The van der Waals surface area contributed by atoms with Crippen LogP contribution in [0.2, 0.25) is 16.6 Å². The fraction of sp³-hybridized carbons (Fsp3) is 0.778. The van der Waals surface area contributed by atoms with Crippen LogP contribution in [-0.2, 0) is 15.6 Å². The molecule has 0 aliphatic carbocycles. The molecule has 30 heavy (non-hydrogen) atoms. The zero-order chi connectivity index (χ0) is 22.3. The molecule has 2 aliphatic heterocycles. The lowest BCUT2D eigenvalue weighted by molar-refractivity contribution is -0.212. The smallest absolute Gasteiger partial charge is 0.200 e.